The smallest absolute Gasteiger partial charge is 0.109 e. The number of H-pyrrole nitrogens is 1. The lowest BCUT2D eigenvalue weighted by molar-refractivity contribution is 0.513. The predicted molar refractivity (Wildman–Crippen MR) is 62.8 cm³/mol. The quantitative estimate of drug-likeness (QED) is 0.815. The molecule has 3 nitrogen and oxygen atoms in total. The Bertz CT molecular complexity index is 366. The molecule has 0 fully saturated rings. The topological polar surface area (TPSA) is 40.7 Å². The van der Waals surface area contributed by atoms with Gasteiger partial charge in [-0.25, -0.2) is 4.98 Å². The summed E-state index contributed by atoms with van der Waals surface area (Å²) in [6.45, 7) is 3.04. The Morgan fingerprint density at radius 1 is 1.60 bits per heavy atom. The lowest BCUT2D eigenvalue weighted by Gasteiger charge is -2.13. The standard InChI is InChI=1S/C11H15N3S/c1-2-10(11-13-6-7-15-11)14-8-9-4-3-5-12-9/h3-7,10,12,14H,2,8H2,1H3. The van der Waals surface area contributed by atoms with Crippen LogP contribution < -0.4 is 5.32 Å². The average Bonchev–Trinajstić information content (AvgIpc) is 2.90. The molecule has 2 aromatic rings. The van der Waals surface area contributed by atoms with Crippen LogP contribution in [0.1, 0.15) is 30.1 Å². The zero-order chi connectivity index (χ0) is 10.5. The van der Waals surface area contributed by atoms with E-state index in [-0.39, 0.29) is 0 Å². The number of thiazole rings is 1. The average molecular weight is 221 g/mol. The van der Waals surface area contributed by atoms with Gasteiger partial charge in [0.25, 0.3) is 0 Å². The molecule has 0 spiro atoms. The number of aromatic nitrogens is 2. The first-order valence-electron chi connectivity index (χ1n) is 5.15. The summed E-state index contributed by atoms with van der Waals surface area (Å²) in [7, 11) is 0. The Labute approximate surface area is 93.6 Å². The highest BCUT2D eigenvalue weighted by Crippen LogP contribution is 2.18. The van der Waals surface area contributed by atoms with Crippen LogP contribution in [0.3, 0.4) is 0 Å². The fourth-order valence-electron chi connectivity index (χ4n) is 1.52. The van der Waals surface area contributed by atoms with Gasteiger partial charge >= 0.3 is 0 Å². The van der Waals surface area contributed by atoms with Crippen molar-refractivity contribution in [3.63, 3.8) is 0 Å². The molecule has 0 saturated carbocycles. The van der Waals surface area contributed by atoms with Gasteiger partial charge in [0, 0.05) is 30.0 Å². The minimum Gasteiger partial charge on any atom is -0.364 e. The van der Waals surface area contributed by atoms with Crippen LogP contribution >= 0.6 is 11.3 Å². The third kappa shape index (κ3) is 2.67. The van der Waals surface area contributed by atoms with E-state index in [0.717, 1.165) is 13.0 Å². The van der Waals surface area contributed by atoms with Crippen LogP contribution in [-0.4, -0.2) is 9.97 Å². The molecule has 0 saturated heterocycles. The molecule has 0 bridgehead atoms. The number of nitrogens with one attached hydrogen (secondary N) is 2. The second kappa shape index (κ2) is 5.09. The molecule has 0 aliphatic heterocycles. The Kier molecular flexibility index (Phi) is 3.53. The summed E-state index contributed by atoms with van der Waals surface area (Å²) in [5.74, 6) is 0. The lowest BCUT2D eigenvalue weighted by atomic mass is 10.2. The van der Waals surface area contributed by atoms with Gasteiger partial charge in [-0.05, 0) is 18.6 Å². The van der Waals surface area contributed by atoms with E-state index in [9.17, 15) is 0 Å². The molecule has 15 heavy (non-hydrogen) atoms. The van der Waals surface area contributed by atoms with Crippen LogP contribution in [0.5, 0.6) is 0 Å². The van der Waals surface area contributed by atoms with Crippen LogP contribution in [0.15, 0.2) is 29.9 Å². The molecule has 2 N–H and O–H groups in total. The van der Waals surface area contributed by atoms with Gasteiger partial charge in [0.05, 0.1) is 6.04 Å². The third-order valence-electron chi connectivity index (χ3n) is 2.36. The first-order chi connectivity index (χ1) is 7.40. The van der Waals surface area contributed by atoms with Crippen molar-refractivity contribution in [1.29, 1.82) is 0 Å². The Balaban J connectivity index is 1.92. The number of hydrogen-bond acceptors (Lipinski definition) is 3. The molecule has 4 heteroatoms. The van der Waals surface area contributed by atoms with Crippen molar-refractivity contribution < 1.29 is 0 Å². The Morgan fingerprint density at radius 3 is 3.13 bits per heavy atom. The van der Waals surface area contributed by atoms with Crippen molar-refractivity contribution in [2.75, 3.05) is 0 Å². The second-order valence-electron chi connectivity index (χ2n) is 3.41. The summed E-state index contributed by atoms with van der Waals surface area (Å²) >= 11 is 1.71. The van der Waals surface area contributed by atoms with Crippen molar-refractivity contribution in [1.82, 2.24) is 15.3 Å². The van der Waals surface area contributed by atoms with Crippen LogP contribution in [0.4, 0.5) is 0 Å². The van der Waals surface area contributed by atoms with Gasteiger partial charge in [-0.2, -0.15) is 0 Å². The highest BCUT2D eigenvalue weighted by Gasteiger charge is 2.10. The fraction of sp³-hybridized carbons (Fsp3) is 0.364. The number of rotatable bonds is 5. The first kappa shape index (κ1) is 10.4. The molecule has 2 aromatic heterocycles. The van der Waals surface area contributed by atoms with Crippen LogP contribution in [0.2, 0.25) is 0 Å². The zero-order valence-corrected chi connectivity index (χ0v) is 9.55. The van der Waals surface area contributed by atoms with Gasteiger partial charge in [-0.1, -0.05) is 6.92 Å². The third-order valence-corrected chi connectivity index (χ3v) is 3.25. The summed E-state index contributed by atoms with van der Waals surface area (Å²) < 4.78 is 0. The van der Waals surface area contributed by atoms with Gasteiger partial charge < -0.3 is 10.3 Å². The van der Waals surface area contributed by atoms with E-state index in [1.807, 2.05) is 23.8 Å². The van der Waals surface area contributed by atoms with Crippen molar-refractivity contribution >= 4 is 11.3 Å². The minimum absolute atomic E-state index is 0.369. The van der Waals surface area contributed by atoms with E-state index in [1.54, 1.807) is 11.3 Å². The van der Waals surface area contributed by atoms with E-state index >= 15 is 0 Å². The van der Waals surface area contributed by atoms with Gasteiger partial charge in [-0.15, -0.1) is 11.3 Å². The predicted octanol–water partition coefficient (Wildman–Crippen LogP) is 2.71. The normalized spacial score (nSPS) is 12.9. The Morgan fingerprint density at radius 2 is 2.53 bits per heavy atom. The SMILES string of the molecule is CCC(NCc1ccc[nH]1)c1nccs1. The zero-order valence-electron chi connectivity index (χ0n) is 8.73. The number of nitrogens with zero attached hydrogens (tertiary/aromatic N) is 1. The largest absolute Gasteiger partial charge is 0.364 e. The van der Waals surface area contributed by atoms with Crippen molar-refractivity contribution in [2.24, 2.45) is 0 Å². The number of aromatic amines is 1. The van der Waals surface area contributed by atoms with Crippen molar-refractivity contribution in [3.8, 4) is 0 Å². The molecule has 2 rings (SSSR count). The highest BCUT2D eigenvalue weighted by atomic mass is 32.1. The van der Waals surface area contributed by atoms with Gasteiger partial charge in [0.2, 0.25) is 0 Å². The fourth-order valence-corrected chi connectivity index (χ4v) is 2.32. The van der Waals surface area contributed by atoms with E-state index in [0.29, 0.717) is 6.04 Å². The maximum atomic E-state index is 4.33. The van der Waals surface area contributed by atoms with Gasteiger partial charge in [0.1, 0.15) is 5.01 Å². The maximum Gasteiger partial charge on any atom is 0.109 e. The maximum absolute atomic E-state index is 4.33. The molecular weight excluding hydrogens is 206 g/mol. The molecule has 1 atom stereocenters. The second-order valence-corrected chi connectivity index (χ2v) is 4.33. The first-order valence-corrected chi connectivity index (χ1v) is 6.03. The van der Waals surface area contributed by atoms with E-state index < -0.39 is 0 Å². The highest BCUT2D eigenvalue weighted by molar-refractivity contribution is 7.09. The summed E-state index contributed by atoms with van der Waals surface area (Å²) in [6.07, 6.45) is 4.87. The minimum atomic E-state index is 0.369. The van der Waals surface area contributed by atoms with Gasteiger partial charge in [-0.3, -0.25) is 0 Å². The molecule has 0 aromatic carbocycles. The van der Waals surface area contributed by atoms with Crippen molar-refractivity contribution in [2.45, 2.75) is 25.9 Å². The summed E-state index contributed by atoms with van der Waals surface area (Å²) in [5, 5.41) is 6.68. The van der Waals surface area contributed by atoms with Crippen LogP contribution in [0.25, 0.3) is 0 Å². The van der Waals surface area contributed by atoms with E-state index in [2.05, 4.69) is 28.3 Å². The molecule has 0 amide bonds. The van der Waals surface area contributed by atoms with Gasteiger partial charge in [0.15, 0.2) is 0 Å². The molecule has 0 aliphatic rings. The van der Waals surface area contributed by atoms with Crippen LogP contribution in [0, 0.1) is 0 Å². The molecular formula is C11H15N3S. The van der Waals surface area contributed by atoms with E-state index in [1.165, 1.54) is 10.7 Å². The molecule has 0 aliphatic carbocycles. The number of hydrogen-bond donors (Lipinski definition) is 2. The molecule has 0 radical (unpaired) electrons. The Hall–Kier alpha value is -1.13. The summed E-state index contributed by atoms with van der Waals surface area (Å²) in [6, 6.07) is 4.47. The summed E-state index contributed by atoms with van der Waals surface area (Å²) in [4.78, 5) is 7.52. The van der Waals surface area contributed by atoms with E-state index in [4.69, 9.17) is 0 Å². The monoisotopic (exact) mass is 221 g/mol. The molecule has 1 unspecified atom stereocenters. The van der Waals surface area contributed by atoms with Crippen LogP contribution in [-0.2, 0) is 6.54 Å². The molecule has 2 heterocycles. The summed E-state index contributed by atoms with van der Waals surface area (Å²) in [5.41, 5.74) is 1.21. The lowest BCUT2D eigenvalue weighted by Crippen LogP contribution is -2.20. The molecule has 80 valence electrons. The van der Waals surface area contributed by atoms with Crippen molar-refractivity contribution in [3.05, 3.63) is 40.6 Å².